The summed E-state index contributed by atoms with van der Waals surface area (Å²) in [6, 6.07) is 17.3. The number of hydrogen-bond acceptors (Lipinski definition) is 5. The zero-order valence-corrected chi connectivity index (χ0v) is 15.2. The van der Waals surface area contributed by atoms with Crippen molar-refractivity contribution in [2.45, 2.75) is 19.9 Å². The number of anilines is 1. The molecule has 1 aromatic heterocycles. The largest absolute Gasteiger partial charge is 0.463 e. The fourth-order valence-electron chi connectivity index (χ4n) is 3.40. The van der Waals surface area contributed by atoms with E-state index in [2.05, 4.69) is 15.4 Å². The molecule has 6 heteroatoms. The molecule has 3 aromatic rings. The zero-order chi connectivity index (χ0) is 18.8. The van der Waals surface area contributed by atoms with E-state index in [1.165, 1.54) is 6.33 Å². The van der Waals surface area contributed by atoms with Crippen LogP contribution in [0.15, 0.2) is 66.5 Å². The van der Waals surface area contributed by atoms with Gasteiger partial charge in [-0.3, -0.25) is 0 Å². The summed E-state index contributed by atoms with van der Waals surface area (Å²) in [7, 11) is 0. The number of carbonyl (C=O) groups excluding carboxylic acids is 1. The van der Waals surface area contributed by atoms with Gasteiger partial charge in [-0.25, -0.2) is 9.48 Å². The van der Waals surface area contributed by atoms with E-state index in [0.717, 1.165) is 16.7 Å². The van der Waals surface area contributed by atoms with Gasteiger partial charge in [0.1, 0.15) is 12.4 Å². The van der Waals surface area contributed by atoms with Crippen LogP contribution in [-0.2, 0) is 9.53 Å². The Balaban J connectivity index is 1.99. The quantitative estimate of drug-likeness (QED) is 0.720. The second-order valence-corrected chi connectivity index (χ2v) is 6.29. The number of benzene rings is 2. The van der Waals surface area contributed by atoms with Gasteiger partial charge in [0, 0.05) is 0 Å². The average Bonchev–Trinajstić information content (AvgIpc) is 3.16. The molecule has 4 rings (SSSR count). The summed E-state index contributed by atoms with van der Waals surface area (Å²) in [5.74, 6) is 0.230. The van der Waals surface area contributed by atoms with Crippen LogP contribution in [0.4, 0.5) is 5.95 Å². The van der Waals surface area contributed by atoms with Gasteiger partial charge in [0.15, 0.2) is 0 Å². The van der Waals surface area contributed by atoms with Gasteiger partial charge >= 0.3 is 5.97 Å². The van der Waals surface area contributed by atoms with Crippen molar-refractivity contribution in [1.82, 2.24) is 14.8 Å². The summed E-state index contributed by atoms with van der Waals surface area (Å²) in [5, 5.41) is 7.65. The van der Waals surface area contributed by atoms with Gasteiger partial charge in [-0.15, -0.1) is 0 Å². The van der Waals surface area contributed by atoms with Gasteiger partial charge in [0.05, 0.1) is 17.9 Å². The minimum atomic E-state index is -0.417. The molecule has 0 radical (unpaired) electrons. The van der Waals surface area contributed by atoms with Gasteiger partial charge < -0.3 is 10.1 Å². The second kappa shape index (κ2) is 7.07. The second-order valence-electron chi connectivity index (χ2n) is 6.29. The van der Waals surface area contributed by atoms with Crippen molar-refractivity contribution in [2.75, 3.05) is 11.9 Å². The Morgan fingerprint density at radius 1 is 1.15 bits per heavy atom. The highest BCUT2D eigenvalue weighted by molar-refractivity contribution is 6.02. The van der Waals surface area contributed by atoms with E-state index in [-0.39, 0.29) is 5.97 Å². The molecule has 0 fully saturated rings. The Morgan fingerprint density at radius 3 is 2.63 bits per heavy atom. The summed E-state index contributed by atoms with van der Waals surface area (Å²) in [6.07, 6.45) is 1.49. The number of nitrogens with one attached hydrogen (secondary N) is 1. The number of esters is 1. The topological polar surface area (TPSA) is 69.0 Å². The van der Waals surface area contributed by atoms with Crippen molar-refractivity contribution >= 4 is 17.6 Å². The Kier molecular flexibility index (Phi) is 4.46. The SMILES string of the molecule is CCOC(=O)C1=C(c2ccccc2)Nc2ncnn2[C@H]1c1ccccc1C. The molecular weight excluding hydrogens is 340 g/mol. The van der Waals surface area contributed by atoms with Crippen LogP contribution in [0.3, 0.4) is 0 Å². The molecule has 2 heterocycles. The summed E-state index contributed by atoms with van der Waals surface area (Å²) in [4.78, 5) is 17.4. The van der Waals surface area contributed by atoms with Crippen LogP contribution in [0.25, 0.3) is 5.70 Å². The summed E-state index contributed by atoms with van der Waals surface area (Å²) >= 11 is 0. The first-order chi connectivity index (χ1) is 13.2. The molecule has 6 nitrogen and oxygen atoms in total. The molecule has 0 saturated carbocycles. The molecule has 1 N–H and O–H groups in total. The third kappa shape index (κ3) is 2.99. The summed E-state index contributed by atoms with van der Waals surface area (Å²) < 4.78 is 7.16. The Bertz CT molecular complexity index is 1010. The lowest BCUT2D eigenvalue weighted by atomic mass is 9.90. The normalized spacial score (nSPS) is 15.9. The molecule has 0 spiro atoms. The van der Waals surface area contributed by atoms with Gasteiger partial charge in [-0.1, -0.05) is 54.6 Å². The van der Waals surface area contributed by atoms with E-state index < -0.39 is 6.04 Å². The van der Waals surface area contributed by atoms with Crippen molar-refractivity contribution in [3.63, 3.8) is 0 Å². The minimum Gasteiger partial charge on any atom is -0.463 e. The highest BCUT2D eigenvalue weighted by Gasteiger charge is 2.36. The Morgan fingerprint density at radius 2 is 1.89 bits per heavy atom. The number of nitrogens with zero attached hydrogens (tertiary/aromatic N) is 3. The van der Waals surface area contributed by atoms with Crippen LogP contribution in [0, 0.1) is 6.92 Å². The molecule has 0 unspecified atom stereocenters. The van der Waals surface area contributed by atoms with Gasteiger partial charge in [-0.05, 0) is 30.5 Å². The molecular formula is C21H20N4O2. The molecule has 0 saturated heterocycles. The molecule has 0 aliphatic carbocycles. The zero-order valence-electron chi connectivity index (χ0n) is 15.2. The highest BCUT2D eigenvalue weighted by Crippen LogP contribution is 2.39. The first-order valence-corrected chi connectivity index (χ1v) is 8.89. The van der Waals surface area contributed by atoms with Crippen molar-refractivity contribution in [1.29, 1.82) is 0 Å². The lowest BCUT2D eigenvalue weighted by Crippen LogP contribution is -2.30. The number of aryl methyl sites for hydroxylation is 1. The number of carbonyl (C=O) groups is 1. The van der Waals surface area contributed by atoms with Crippen LogP contribution >= 0.6 is 0 Å². The van der Waals surface area contributed by atoms with Crippen LogP contribution in [0.2, 0.25) is 0 Å². The Labute approximate surface area is 157 Å². The van der Waals surface area contributed by atoms with E-state index in [1.807, 2.05) is 61.5 Å². The van der Waals surface area contributed by atoms with Crippen molar-refractivity contribution < 1.29 is 9.53 Å². The van der Waals surface area contributed by atoms with E-state index in [9.17, 15) is 4.79 Å². The summed E-state index contributed by atoms with van der Waals surface area (Å²) in [6.45, 7) is 4.13. The highest BCUT2D eigenvalue weighted by atomic mass is 16.5. The number of fused-ring (bicyclic) bond motifs is 1. The lowest BCUT2D eigenvalue weighted by molar-refractivity contribution is -0.138. The maximum absolute atomic E-state index is 13.0. The van der Waals surface area contributed by atoms with Gasteiger partial charge in [-0.2, -0.15) is 10.1 Å². The number of hydrogen-bond donors (Lipinski definition) is 1. The molecule has 1 aliphatic rings. The van der Waals surface area contributed by atoms with Crippen molar-refractivity contribution in [3.8, 4) is 0 Å². The van der Waals surface area contributed by atoms with Crippen molar-refractivity contribution in [2.24, 2.45) is 0 Å². The third-order valence-corrected chi connectivity index (χ3v) is 4.64. The predicted molar refractivity (Wildman–Crippen MR) is 103 cm³/mol. The molecule has 136 valence electrons. The van der Waals surface area contributed by atoms with Crippen LogP contribution in [0.5, 0.6) is 0 Å². The molecule has 1 atom stereocenters. The Hall–Kier alpha value is -3.41. The van der Waals surface area contributed by atoms with Crippen LogP contribution < -0.4 is 5.32 Å². The molecule has 27 heavy (non-hydrogen) atoms. The van der Waals surface area contributed by atoms with Crippen molar-refractivity contribution in [3.05, 3.63) is 83.2 Å². The van der Waals surface area contributed by atoms with E-state index in [4.69, 9.17) is 4.74 Å². The lowest BCUT2D eigenvalue weighted by Gasteiger charge is -2.30. The van der Waals surface area contributed by atoms with E-state index in [0.29, 0.717) is 23.8 Å². The molecule has 2 aromatic carbocycles. The van der Waals surface area contributed by atoms with Gasteiger partial charge in [0.25, 0.3) is 0 Å². The standard InChI is InChI=1S/C21H20N4O2/c1-3-27-20(26)17-18(15-10-5-4-6-11-15)24-21-22-13-23-25(21)19(17)16-12-8-7-9-14(16)2/h4-13,19H,3H2,1-2H3,(H,22,23,24)/t19-/m0/s1. The first-order valence-electron chi connectivity index (χ1n) is 8.89. The molecule has 0 bridgehead atoms. The van der Waals surface area contributed by atoms with Crippen LogP contribution in [0.1, 0.15) is 29.7 Å². The fraction of sp³-hybridized carbons (Fsp3) is 0.190. The maximum Gasteiger partial charge on any atom is 0.338 e. The smallest absolute Gasteiger partial charge is 0.338 e. The van der Waals surface area contributed by atoms with E-state index in [1.54, 1.807) is 11.6 Å². The average molecular weight is 360 g/mol. The number of ether oxygens (including phenoxy) is 1. The van der Waals surface area contributed by atoms with Gasteiger partial charge in [0.2, 0.25) is 5.95 Å². The maximum atomic E-state index is 13.0. The van der Waals surface area contributed by atoms with E-state index >= 15 is 0 Å². The molecule has 1 aliphatic heterocycles. The fourth-order valence-corrected chi connectivity index (χ4v) is 3.40. The minimum absolute atomic E-state index is 0.301. The number of aromatic nitrogens is 3. The third-order valence-electron chi connectivity index (χ3n) is 4.64. The monoisotopic (exact) mass is 360 g/mol. The van der Waals surface area contributed by atoms with Crippen LogP contribution in [-0.4, -0.2) is 27.3 Å². The summed E-state index contributed by atoms with van der Waals surface area (Å²) in [5.41, 5.74) is 4.17. The predicted octanol–water partition coefficient (Wildman–Crippen LogP) is 3.58. The molecule has 0 amide bonds. The number of rotatable bonds is 4. The first kappa shape index (κ1) is 17.0.